The predicted octanol–water partition coefficient (Wildman–Crippen LogP) is 3.89. The highest BCUT2D eigenvalue weighted by Gasteiger charge is 2.16. The summed E-state index contributed by atoms with van der Waals surface area (Å²) < 4.78 is 17.9. The van der Waals surface area contributed by atoms with Gasteiger partial charge in [-0.05, 0) is 32.0 Å². The molecule has 106 valence electrons. The summed E-state index contributed by atoms with van der Waals surface area (Å²) in [5.41, 5.74) is 0. The number of halogens is 2. The molecule has 1 amide bonds. The minimum atomic E-state index is -0.480. The van der Waals surface area contributed by atoms with Gasteiger partial charge < -0.3 is 9.84 Å². The van der Waals surface area contributed by atoms with Crippen LogP contribution in [-0.4, -0.2) is 16.3 Å². The van der Waals surface area contributed by atoms with E-state index < -0.39 is 5.82 Å². The summed E-state index contributed by atoms with van der Waals surface area (Å²) in [4.78, 5) is 12.7. The van der Waals surface area contributed by atoms with Gasteiger partial charge in [0.25, 0.3) is 0 Å². The summed E-state index contributed by atoms with van der Waals surface area (Å²) >= 11 is 6.98. The molecule has 0 aliphatic carbocycles. The van der Waals surface area contributed by atoms with Crippen molar-refractivity contribution in [3.63, 3.8) is 0 Å². The highest BCUT2D eigenvalue weighted by Crippen LogP contribution is 2.27. The highest BCUT2D eigenvalue weighted by atomic mass is 35.5. The van der Waals surface area contributed by atoms with E-state index in [0.29, 0.717) is 11.6 Å². The fraction of sp³-hybridized carbons (Fsp3) is 0.231. The molecule has 1 unspecified atom stereocenters. The molecule has 1 N–H and O–H groups in total. The number of amides is 1. The Hall–Kier alpha value is -1.53. The van der Waals surface area contributed by atoms with Gasteiger partial charge in [0.05, 0.1) is 10.3 Å². The number of hydrogen-bond donors (Lipinski definition) is 1. The molecule has 0 spiro atoms. The van der Waals surface area contributed by atoms with Crippen molar-refractivity contribution in [2.24, 2.45) is 0 Å². The minimum absolute atomic E-state index is 0.0368. The minimum Gasteiger partial charge on any atom is -0.360 e. The van der Waals surface area contributed by atoms with Gasteiger partial charge in [-0.15, -0.1) is 11.8 Å². The van der Waals surface area contributed by atoms with Gasteiger partial charge in [0.2, 0.25) is 5.91 Å². The number of aromatic nitrogens is 1. The van der Waals surface area contributed by atoms with E-state index in [-0.39, 0.29) is 16.2 Å². The van der Waals surface area contributed by atoms with Crippen LogP contribution in [0, 0.1) is 12.7 Å². The van der Waals surface area contributed by atoms with E-state index in [1.54, 1.807) is 26.0 Å². The Kier molecular flexibility index (Phi) is 4.67. The maximum atomic E-state index is 13.0. The van der Waals surface area contributed by atoms with Crippen LogP contribution < -0.4 is 5.32 Å². The third-order valence-electron chi connectivity index (χ3n) is 2.45. The number of nitrogens with one attached hydrogen (secondary N) is 1. The molecule has 0 aliphatic heterocycles. The Morgan fingerprint density at radius 3 is 2.85 bits per heavy atom. The number of carbonyl (C=O) groups excluding carboxylic acids is 1. The summed E-state index contributed by atoms with van der Waals surface area (Å²) in [6.45, 7) is 3.48. The molecule has 20 heavy (non-hydrogen) atoms. The molecular formula is C13H12ClFN2O2S. The van der Waals surface area contributed by atoms with Gasteiger partial charge in [0, 0.05) is 11.0 Å². The molecule has 2 rings (SSSR count). The second-order valence-corrected chi connectivity index (χ2v) is 5.97. The number of carbonyl (C=O) groups is 1. The van der Waals surface area contributed by atoms with E-state index in [0.717, 1.165) is 4.90 Å². The molecule has 0 saturated heterocycles. The Balaban J connectivity index is 1.98. The molecule has 1 atom stereocenters. The van der Waals surface area contributed by atoms with Crippen LogP contribution >= 0.6 is 23.4 Å². The molecule has 4 nitrogen and oxygen atoms in total. The summed E-state index contributed by atoms with van der Waals surface area (Å²) in [5, 5.41) is 5.98. The van der Waals surface area contributed by atoms with Crippen molar-refractivity contribution in [2.75, 3.05) is 5.32 Å². The number of nitrogens with zero attached hydrogens (tertiary/aromatic N) is 1. The van der Waals surface area contributed by atoms with Crippen LogP contribution in [0.2, 0.25) is 5.02 Å². The first kappa shape index (κ1) is 14.9. The summed E-state index contributed by atoms with van der Waals surface area (Å²) in [7, 11) is 0. The molecule has 0 radical (unpaired) electrons. The van der Waals surface area contributed by atoms with Gasteiger partial charge in [-0.3, -0.25) is 4.79 Å². The number of aryl methyl sites for hydroxylation is 1. The highest BCUT2D eigenvalue weighted by molar-refractivity contribution is 8.00. The monoisotopic (exact) mass is 314 g/mol. The normalized spacial score (nSPS) is 12.2. The molecule has 1 heterocycles. The van der Waals surface area contributed by atoms with E-state index >= 15 is 0 Å². The third-order valence-corrected chi connectivity index (χ3v) is 3.84. The Morgan fingerprint density at radius 1 is 1.50 bits per heavy atom. The molecular weight excluding hydrogens is 303 g/mol. The van der Waals surface area contributed by atoms with Gasteiger partial charge >= 0.3 is 0 Å². The lowest BCUT2D eigenvalue weighted by Gasteiger charge is -2.10. The van der Waals surface area contributed by atoms with Crippen molar-refractivity contribution in [3.8, 4) is 0 Å². The predicted molar refractivity (Wildman–Crippen MR) is 76.6 cm³/mol. The molecule has 2 aromatic rings. The molecule has 0 aliphatic rings. The van der Waals surface area contributed by atoms with Crippen LogP contribution in [0.25, 0.3) is 0 Å². The Morgan fingerprint density at radius 2 is 2.25 bits per heavy atom. The molecule has 7 heteroatoms. The second-order valence-electron chi connectivity index (χ2n) is 4.15. The quantitative estimate of drug-likeness (QED) is 0.870. The van der Waals surface area contributed by atoms with Crippen molar-refractivity contribution >= 4 is 35.1 Å². The number of hydrogen-bond acceptors (Lipinski definition) is 4. The second kappa shape index (κ2) is 6.28. The largest absolute Gasteiger partial charge is 0.360 e. The number of rotatable bonds is 4. The van der Waals surface area contributed by atoms with E-state index in [2.05, 4.69) is 10.5 Å². The van der Waals surface area contributed by atoms with Gasteiger partial charge in [-0.25, -0.2) is 4.39 Å². The van der Waals surface area contributed by atoms with Crippen LogP contribution in [0.3, 0.4) is 0 Å². The van der Waals surface area contributed by atoms with E-state index in [9.17, 15) is 9.18 Å². The first-order chi connectivity index (χ1) is 9.45. The first-order valence-corrected chi connectivity index (χ1v) is 7.07. The number of anilines is 1. The van der Waals surface area contributed by atoms with Crippen LogP contribution in [0.5, 0.6) is 0 Å². The van der Waals surface area contributed by atoms with Crippen LogP contribution in [-0.2, 0) is 4.79 Å². The van der Waals surface area contributed by atoms with Gasteiger partial charge in [-0.2, -0.15) is 0 Å². The zero-order valence-electron chi connectivity index (χ0n) is 10.8. The topological polar surface area (TPSA) is 55.1 Å². The maximum Gasteiger partial charge on any atom is 0.238 e. The molecule has 1 aromatic carbocycles. The molecule has 0 bridgehead atoms. The lowest BCUT2D eigenvalue weighted by molar-refractivity contribution is -0.115. The van der Waals surface area contributed by atoms with Crippen LogP contribution in [0.1, 0.15) is 12.7 Å². The van der Waals surface area contributed by atoms with Gasteiger partial charge in [-0.1, -0.05) is 16.8 Å². The van der Waals surface area contributed by atoms with Crippen molar-refractivity contribution in [1.29, 1.82) is 0 Å². The number of benzene rings is 1. The molecule has 0 fully saturated rings. The molecule has 1 aromatic heterocycles. The fourth-order valence-electron chi connectivity index (χ4n) is 1.46. The lowest BCUT2D eigenvalue weighted by Crippen LogP contribution is -2.22. The van der Waals surface area contributed by atoms with Gasteiger partial charge in [0.15, 0.2) is 5.82 Å². The SMILES string of the molecule is Cc1cc(NC(=O)C(C)Sc2ccc(F)c(Cl)c2)no1. The van der Waals surface area contributed by atoms with Gasteiger partial charge in [0.1, 0.15) is 11.6 Å². The fourth-order valence-corrected chi connectivity index (χ4v) is 2.61. The van der Waals surface area contributed by atoms with Crippen LogP contribution in [0.4, 0.5) is 10.2 Å². The Labute approximate surface area is 124 Å². The van der Waals surface area contributed by atoms with Crippen molar-refractivity contribution in [3.05, 3.63) is 40.9 Å². The lowest BCUT2D eigenvalue weighted by atomic mass is 10.3. The van der Waals surface area contributed by atoms with E-state index in [4.69, 9.17) is 16.1 Å². The maximum absolute atomic E-state index is 13.0. The van der Waals surface area contributed by atoms with Crippen molar-refractivity contribution < 1.29 is 13.7 Å². The Bertz CT molecular complexity index is 633. The number of thioether (sulfide) groups is 1. The van der Waals surface area contributed by atoms with Crippen molar-refractivity contribution in [1.82, 2.24) is 5.16 Å². The van der Waals surface area contributed by atoms with Crippen LogP contribution in [0.15, 0.2) is 33.7 Å². The standard InChI is InChI=1S/C13H12ClFN2O2S/c1-7-5-12(17-19-7)16-13(18)8(2)20-9-3-4-11(15)10(14)6-9/h3-6,8H,1-2H3,(H,16,17,18). The summed E-state index contributed by atoms with van der Waals surface area (Å²) in [5.74, 6) is 0.290. The zero-order valence-corrected chi connectivity index (χ0v) is 12.4. The summed E-state index contributed by atoms with van der Waals surface area (Å²) in [6, 6.07) is 5.97. The smallest absolute Gasteiger partial charge is 0.238 e. The summed E-state index contributed by atoms with van der Waals surface area (Å²) in [6.07, 6.45) is 0. The average Bonchev–Trinajstić information content (AvgIpc) is 2.79. The van der Waals surface area contributed by atoms with E-state index in [1.807, 2.05) is 0 Å². The van der Waals surface area contributed by atoms with Crippen molar-refractivity contribution in [2.45, 2.75) is 24.0 Å². The molecule has 0 saturated carbocycles. The third kappa shape index (κ3) is 3.74. The average molecular weight is 315 g/mol. The first-order valence-electron chi connectivity index (χ1n) is 5.81. The zero-order chi connectivity index (χ0) is 14.7. The van der Waals surface area contributed by atoms with E-state index in [1.165, 1.54) is 23.9 Å².